The van der Waals surface area contributed by atoms with Gasteiger partial charge in [0.25, 0.3) is 6.43 Å². The quantitative estimate of drug-likeness (QED) is 0.833. The van der Waals surface area contributed by atoms with E-state index in [1.165, 1.54) is 37.4 Å². The number of hydrogen-bond acceptors (Lipinski definition) is 2. The van der Waals surface area contributed by atoms with Gasteiger partial charge >= 0.3 is 5.97 Å². The molecule has 0 radical (unpaired) electrons. The summed E-state index contributed by atoms with van der Waals surface area (Å²) in [5.41, 5.74) is 0.752. The van der Waals surface area contributed by atoms with Crippen molar-refractivity contribution in [2.24, 2.45) is 0 Å². The summed E-state index contributed by atoms with van der Waals surface area (Å²) in [5, 5.41) is 8.70. The third-order valence-electron chi connectivity index (χ3n) is 2.36. The molecule has 4 nitrogen and oxygen atoms in total. The van der Waals surface area contributed by atoms with Crippen molar-refractivity contribution in [3.8, 4) is 0 Å². The smallest absolute Gasteiger partial charge is 0.335 e. The van der Waals surface area contributed by atoms with E-state index in [4.69, 9.17) is 5.11 Å². The summed E-state index contributed by atoms with van der Waals surface area (Å²) in [6, 6.07) is 5.85. The lowest BCUT2D eigenvalue weighted by atomic mass is 10.1. The zero-order chi connectivity index (χ0) is 14.4. The Balaban J connectivity index is 2.65. The second-order valence-corrected chi connectivity index (χ2v) is 3.87. The van der Waals surface area contributed by atoms with Crippen molar-refractivity contribution in [3.63, 3.8) is 0 Å². The van der Waals surface area contributed by atoms with Crippen LogP contribution in [0.2, 0.25) is 0 Å². The Morgan fingerprint density at radius 2 is 1.89 bits per heavy atom. The van der Waals surface area contributed by atoms with Gasteiger partial charge in [0.1, 0.15) is 0 Å². The first-order chi connectivity index (χ1) is 8.90. The number of carbonyl (C=O) groups excluding carboxylic acids is 1. The van der Waals surface area contributed by atoms with Gasteiger partial charge in [0.2, 0.25) is 5.91 Å². The minimum atomic E-state index is -2.57. The normalized spacial score (nSPS) is 10.9. The van der Waals surface area contributed by atoms with Crippen LogP contribution in [0, 0.1) is 0 Å². The molecule has 0 bridgehead atoms. The van der Waals surface area contributed by atoms with Gasteiger partial charge < -0.3 is 10.0 Å². The lowest BCUT2D eigenvalue weighted by Crippen LogP contribution is -2.29. The van der Waals surface area contributed by atoms with Crippen LogP contribution in [0.4, 0.5) is 8.78 Å². The topological polar surface area (TPSA) is 57.6 Å². The summed E-state index contributed by atoms with van der Waals surface area (Å²) in [6.45, 7) is -0.624. The largest absolute Gasteiger partial charge is 0.478 e. The fourth-order valence-electron chi connectivity index (χ4n) is 1.33. The van der Waals surface area contributed by atoms with E-state index >= 15 is 0 Å². The second kappa shape index (κ2) is 6.63. The number of benzene rings is 1. The van der Waals surface area contributed by atoms with Crippen molar-refractivity contribution in [1.82, 2.24) is 4.90 Å². The first kappa shape index (κ1) is 14.8. The highest BCUT2D eigenvalue weighted by Gasteiger charge is 2.11. The van der Waals surface area contributed by atoms with Crippen molar-refractivity contribution in [2.75, 3.05) is 13.6 Å². The van der Waals surface area contributed by atoms with E-state index in [0.717, 1.165) is 11.0 Å². The summed E-state index contributed by atoms with van der Waals surface area (Å²) >= 11 is 0. The monoisotopic (exact) mass is 269 g/mol. The van der Waals surface area contributed by atoms with Crippen LogP contribution in [0.1, 0.15) is 15.9 Å². The molecule has 1 amide bonds. The van der Waals surface area contributed by atoms with Gasteiger partial charge in [0, 0.05) is 13.1 Å². The summed E-state index contributed by atoms with van der Waals surface area (Å²) in [5.74, 6) is -1.58. The number of nitrogens with zero attached hydrogens (tertiary/aromatic N) is 1. The standard InChI is InChI=1S/C13H13F2NO3/c1-16(8-11(14)15)12(17)7-4-9-2-5-10(6-3-9)13(18)19/h2-7,11H,8H2,1H3,(H,18,19)/b7-4+. The molecule has 0 saturated carbocycles. The number of carboxylic acids is 1. The van der Waals surface area contributed by atoms with Crippen LogP contribution in [0.15, 0.2) is 30.3 Å². The van der Waals surface area contributed by atoms with Gasteiger partial charge in [-0.2, -0.15) is 0 Å². The van der Waals surface area contributed by atoms with E-state index in [-0.39, 0.29) is 5.56 Å². The average molecular weight is 269 g/mol. The van der Waals surface area contributed by atoms with E-state index in [1.54, 1.807) is 0 Å². The maximum absolute atomic E-state index is 12.1. The zero-order valence-electron chi connectivity index (χ0n) is 10.2. The number of aromatic carboxylic acids is 1. The molecule has 0 unspecified atom stereocenters. The molecule has 1 N–H and O–H groups in total. The molecule has 6 heteroatoms. The molecule has 0 spiro atoms. The molecule has 0 aliphatic rings. The van der Waals surface area contributed by atoms with Gasteiger partial charge in [0.15, 0.2) is 0 Å². The van der Waals surface area contributed by atoms with Crippen molar-refractivity contribution in [1.29, 1.82) is 0 Å². The predicted molar refractivity (Wildman–Crippen MR) is 66.1 cm³/mol. The molecule has 0 aromatic heterocycles. The van der Waals surface area contributed by atoms with Gasteiger partial charge in [-0.3, -0.25) is 4.79 Å². The molecule has 0 fully saturated rings. The van der Waals surface area contributed by atoms with Crippen LogP contribution in [-0.2, 0) is 4.79 Å². The molecular weight excluding hydrogens is 256 g/mol. The summed E-state index contributed by atoms with van der Waals surface area (Å²) < 4.78 is 24.1. The van der Waals surface area contributed by atoms with E-state index in [0.29, 0.717) is 5.56 Å². The first-order valence-corrected chi connectivity index (χ1v) is 5.45. The molecule has 0 atom stereocenters. The third kappa shape index (κ3) is 4.87. The Bertz CT molecular complexity index is 483. The number of hydrogen-bond donors (Lipinski definition) is 1. The molecule has 102 valence electrons. The summed E-state index contributed by atoms with van der Waals surface area (Å²) in [7, 11) is 1.28. The zero-order valence-corrected chi connectivity index (χ0v) is 10.2. The maximum atomic E-state index is 12.1. The minimum absolute atomic E-state index is 0.137. The molecule has 0 heterocycles. The van der Waals surface area contributed by atoms with Crippen LogP contribution in [0.5, 0.6) is 0 Å². The van der Waals surface area contributed by atoms with Crippen LogP contribution in [0.25, 0.3) is 6.08 Å². The highest BCUT2D eigenvalue weighted by molar-refractivity contribution is 5.92. The van der Waals surface area contributed by atoms with Gasteiger partial charge in [-0.05, 0) is 23.8 Å². The van der Waals surface area contributed by atoms with E-state index < -0.39 is 24.8 Å². The lowest BCUT2D eigenvalue weighted by molar-refractivity contribution is -0.126. The fraction of sp³-hybridized carbons (Fsp3) is 0.231. The number of carboxylic acid groups (broad SMARTS) is 1. The Morgan fingerprint density at radius 3 is 2.37 bits per heavy atom. The van der Waals surface area contributed by atoms with Crippen molar-refractivity contribution >= 4 is 18.0 Å². The first-order valence-electron chi connectivity index (χ1n) is 5.45. The SMILES string of the molecule is CN(CC(F)F)C(=O)/C=C/c1ccc(C(=O)O)cc1. The molecular formula is C13H13F2NO3. The van der Waals surface area contributed by atoms with E-state index in [2.05, 4.69) is 0 Å². The maximum Gasteiger partial charge on any atom is 0.335 e. The lowest BCUT2D eigenvalue weighted by Gasteiger charge is -2.13. The number of halogens is 2. The molecule has 19 heavy (non-hydrogen) atoms. The summed E-state index contributed by atoms with van der Waals surface area (Å²) in [4.78, 5) is 23.0. The van der Waals surface area contributed by atoms with Gasteiger partial charge in [-0.15, -0.1) is 0 Å². The van der Waals surface area contributed by atoms with Crippen molar-refractivity contribution in [2.45, 2.75) is 6.43 Å². The fourth-order valence-corrected chi connectivity index (χ4v) is 1.33. The van der Waals surface area contributed by atoms with E-state index in [9.17, 15) is 18.4 Å². The number of alkyl halides is 2. The van der Waals surface area contributed by atoms with Crippen LogP contribution < -0.4 is 0 Å². The Kier molecular flexibility index (Phi) is 5.17. The highest BCUT2D eigenvalue weighted by Crippen LogP contribution is 2.07. The number of likely N-dealkylation sites (N-methyl/N-ethyl adjacent to an activating group) is 1. The van der Waals surface area contributed by atoms with Gasteiger partial charge in [-0.25, -0.2) is 13.6 Å². The average Bonchev–Trinajstić information content (AvgIpc) is 2.35. The Morgan fingerprint density at radius 1 is 1.32 bits per heavy atom. The molecule has 0 aliphatic carbocycles. The Hall–Kier alpha value is -2.24. The molecule has 1 rings (SSSR count). The van der Waals surface area contributed by atoms with Crippen LogP contribution in [-0.4, -0.2) is 41.9 Å². The van der Waals surface area contributed by atoms with Gasteiger partial charge in [-0.1, -0.05) is 12.1 Å². The summed E-state index contributed by atoms with van der Waals surface area (Å²) in [6.07, 6.45) is 0.0332. The predicted octanol–water partition coefficient (Wildman–Crippen LogP) is 2.12. The van der Waals surface area contributed by atoms with Crippen molar-refractivity contribution in [3.05, 3.63) is 41.5 Å². The van der Waals surface area contributed by atoms with Crippen LogP contribution in [0.3, 0.4) is 0 Å². The Labute approximate surface area is 109 Å². The van der Waals surface area contributed by atoms with Gasteiger partial charge in [0.05, 0.1) is 12.1 Å². The minimum Gasteiger partial charge on any atom is -0.478 e. The number of rotatable bonds is 5. The number of amides is 1. The van der Waals surface area contributed by atoms with E-state index in [1.807, 2.05) is 0 Å². The molecule has 0 saturated heterocycles. The third-order valence-corrected chi connectivity index (χ3v) is 2.36. The molecule has 0 aliphatic heterocycles. The highest BCUT2D eigenvalue weighted by atomic mass is 19.3. The van der Waals surface area contributed by atoms with Crippen LogP contribution >= 0.6 is 0 Å². The number of carbonyl (C=O) groups is 2. The molecule has 1 aromatic rings. The molecule has 1 aromatic carbocycles. The second-order valence-electron chi connectivity index (χ2n) is 3.87. The van der Waals surface area contributed by atoms with Crippen molar-refractivity contribution < 1.29 is 23.5 Å².